The Hall–Kier alpha value is -1.58. The molecule has 1 aromatic rings. The Morgan fingerprint density at radius 2 is 2.29 bits per heavy atom. The number of aromatic nitrogens is 1. The Kier molecular flexibility index (Phi) is 4.55. The van der Waals surface area contributed by atoms with Crippen LogP contribution in [0.5, 0.6) is 0 Å². The third-order valence-corrected chi connectivity index (χ3v) is 5.36. The zero-order valence-corrected chi connectivity index (χ0v) is 13.1. The Labute approximate surface area is 128 Å². The van der Waals surface area contributed by atoms with Crippen molar-refractivity contribution in [1.29, 1.82) is 0 Å². The van der Waals surface area contributed by atoms with Crippen LogP contribution >= 0.6 is 12.2 Å². The van der Waals surface area contributed by atoms with Gasteiger partial charge in [0.1, 0.15) is 15.9 Å². The maximum Gasteiger partial charge on any atom is 0.245 e. The number of nitrogens with two attached hydrogens (primary N) is 1. The quantitative estimate of drug-likeness (QED) is 0.730. The molecule has 1 amide bonds. The lowest BCUT2D eigenvalue weighted by atomic mass is 10.2. The van der Waals surface area contributed by atoms with Crippen molar-refractivity contribution in [3.05, 3.63) is 24.0 Å². The first kappa shape index (κ1) is 15.8. The molecule has 7 nitrogen and oxygen atoms in total. The van der Waals surface area contributed by atoms with Crippen molar-refractivity contribution >= 4 is 33.1 Å². The number of nitrogens with one attached hydrogen (secondary N) is 1. The van der Waals surface area contributed by atoms with E-state index in [2.05, 4.69) is 10.3 Å². The van der Waals surface area contributed by atoms with Gasteiger partial charge in [0.2, 0.25) is 15.9 Å². The third kappa shape index (κ3) is 3.04. The molecule has 0 bridgehead atoms. The molecule has 0 radical (unpaired) electrons. The number of nitrogens with zero attached hydrogens (tertiary/aromatic N) is 2. The minimum atomic E-state index is -3.77. The summed E-state index contributed by atoms with van der Waals surface area (Å²) in [4.78, 5) is 15.9. The molecule has 1 aliphatic heterocycles. The van der Waals surface area contributed by atoms with E-state index in [1.807, 2.05) is 0 Å². The Balaban J connectivity index is 2.36. The fraction of sp³-hybridized carbons (Fsp3) is 0.417. The average Bonchev–Trinajstić information content (AvgIpc) is 2.47. The average molecular weight is 328 g/mol. The zero-order valence-electron chi connectivity index (χ0n) is 11.4. The maximum absolute atomic E-state index is 12.6. The summed E-state index contributed by atoms with van der Waals surface area (Å²) < 4.78 is 26.5. The molecule has 0 spiro atoms. The highest BCUT2D eigenvalue weighted by Crippen LogP contribution is 2.21. The van der Waals surface area contributed by atoms with E-state index in [0.717, 1.165) is 0 Å². The minimum absolute atomic E-state index is 0.0238. The standard InChI is InChI=1S/C12H16N4O3S2/c1-2-10-12(17)14-5-6-16(10)21(18,19)8-3-4-9(11(13)20)15-7-8/h3-4,7,10H,2,5-6H2,1H3,(H2,13,20)(H,14,17). The van der Waals surface area contributed by atoms with Crippen molar-refractivity contribution < 1.29 is 13.2 Å². The summed E-state index contributed by atoms with van der Waals surface area (Å²) >= 11 is 4.78. The summed E-state index contributed by atoms with van der Waals surface area (Å²) in [6.45, 7) is 2.31. The summed E-state index contributed by atoms with van der Waals surface area (Å²) in [5.74, 6) is -0.278. The number of pyridine rings is 1. The molecule has 0 aromatic carbocycles. The second-order valence-electron chi connectivity index (χ2n) is 4.57. The molecule has 114 valence electrons. The molecule has 1 aliphatic rings. The number of amides is 1. The first-order valence-electron chi connectivity index (χ1n) is 6.43. The van der Waals surface area contributed by atoms with E-state index in [0.29, 0.717) is 18.7 Å². The topological polar surface area (TPSA) is 105 Å². The molecule has 0 aliphatic carbocycles. The first-order valence-corrected chi connectivity index (χ1v) is 8.28. The van der Waals surface area contributed by atoms with Gasteiger partial charge >= 0.3 is 0 Å². The zero-order chi connectivity index (χ0) is 15.6. The van der Waals surface area contributed by atoms with Crippen LogP contribution in [0.15, 0.2) is 23.2 Å². The van der Waals surface area contributed by atoms with Crippen LogP contribution in [0, 0.1) is 0 Å². The molecule has 1 unspecified atom stereocenters. The lowest BCUT2D eigenvalue weighted by Crippen LogP contribution is -2.56. The van der Waals surface area contributed by atoms with Gasteiger partial charge in [0.05, 0.1) is 5.69 Å². The Bertz CT molecular complexity index is 658. The predicted molar refractivity (Wildman–Crippen MR) is 81.1 cm³/mol. The molecule has 1 atom stereocenters. The van der Waals surface area contributed by atoms with Crippen LogP contribution in [0.25, 0.3) is 0 Å². The SMILES string of the molecule is CCC1C(=O)NCCN1S(=O)(=O)c1ccc(C(N)=S)nc1. The van der Waals surface area contributed by atoms with Crippen LogP contribution in [0.1, 0.15) is 19.0 Å². The highest BCUT2D eigenvalue weighted by molar-refractivity contribution is 7.89. The fourth-order valence-corrected chi connectivity index (χ4v) is 3.91. The largest absolute Gasteiger partial charge is 0.388 e. The van der Waals surface area contributed by atoms with Crippen LogP contribution in [-0.2, 0) is 14.8 Å². The molecule has 9 heteroatoms. The van der Waals surface area contributed by atoms with Gasteiger partial charge < -0.3 is 11.1 Å². The number of sulfonamides is 1. The molecule has 1 fully saturated rings. The molecule has 1 aromatic heterocycles. The van der Waals surface area contributed by atoms with Gasteiger partial charge in [0.25, 0.3) is 0 Å². The van der Waals surface area contributed by atoms with Crippen molar-refractivity contribution in [2.24, 2.45) is 5.73 Å². The summed E-state index contributed by atoms with van der Waals surface area (Å²) in [7, 11) is -3.77. The molecular weight excluding hydrogens is 312 g/mol. The molecule has 3 N–H and O–H groups in total. The van der Waals surface area contributed by atoms with E-state index in [1.165, 1.54) is 22.6 Å². The van der Waals surface area contributed by atoms with Crippen molar-refractivity contribution in [3.63, 3.8) is 0 Å². The van der Waals surface area contributed by atoms with Gasteiger partial charge in [-0.05, 0) is 18.6 Å². The highest BCUT2D eigenvalue weighted by Gasteiger charge is 2.37. The summed E-state index contributed by atoms with van der Waals surface area (Å²) in [6, 6.07) is 2.16. The Morgan fingerprint density at radius 3 is 2.81 bits per heavy atom. The van der Waals surface area contributed by atoms with E-state index in [1.54, 1.807) is 6.92 Å². The number of rotatable bonds is 4. The van der Waals surface area contributed by atoms with Crippen LogP contribution < -0.4 is 11.1 Å². The summed E-state index contributed by atoms with van der Waals surface area (Å²) in [6.07, 6.45) is 1.62. The highest BCUT2D eigenvalue weighted by atomic mass is 32.2. The lowest BCUT2D eigenvalue weighted by Gasteiger charge is -2.33. The van der Waals surface area contributed by atoms with Crippen molar-refractivity contribution in [2.45, 2.75) is 24.3 Å². The maximum atomic E-state index is 12.6. The number of carbonyl (C=O) groups excluding carboxylic acids is 1. The summed E-state index contributed by atoms with van der Waals surface area (Å²) in [5.41, 5.74) is 5.79. The molecule has 2 heterocycles. The van der Waals surface area contributed by atoms with E-state index in [9.17, 15) is 13.2 Å². The minimum Gasteiger partial charge on any atom is -0.388 e. The van der Waals surface area contributed by atoms with Gasteiger partial charge in [-0.25, -0.2) is 8.42 Å². The van der Waals surface area contributed by atoms with E-state index in [-0.39, 0.29) is 22.3 Å². The monoisotopic (exact) mass is 328 g/mol. The number of thiocarbonyl (C=S) groups is 1. The second kappa shape index (κ2) is 6.04. The van der Waals surface area contributed by atoms with Crippen LogP contribution in [0.4, 0.5) is 0 Å². The van der Waals surface area contributed by atoms with Gasteiger partial charge in [-0.15, -0.1) is 0 Å². The molecule has 0 saturated carbocycles. The smallest absolute Gasteiger partial charge is 0.245 e. The van der Waals surface area contributed by atoms with Crippen LogP contribution in [-0.4, -0.2) is 47.7 Å². The number of carbonyl (C=O) groups is 1. The van der Waals surface area contributed by atoms with Gasteiger partial charge in [0, 0.05) is 19.3 Å². The number of piperazine rings is 1. The van der Waals surface area contributed by atoms with Gasteiger partial charge in [-0.3, -0.25) is 9.78 Å². The predicted octanol–water partition coefficient (Wildman–Crippen LogP) is -0.385. The lowest BCUT2D eigenvalue weighted by molar-refractivity contribution is -0.126. The van der Waals surface area contributed by atoms with Crippen LogP contribution in [0.2, 0.25) is 0 Å². The molecule has 2 rings (SSSR count). The van der Waals surface area contributed by atoms with Crippen molar-refractivity contribution in [3.8, 4) is 0 Å². The second-order valence-corrected chi connectivity index (χ2v) is 6.90. The first-order chi connectivity index (χ1) is 9.87. The normalized spacial score (nSPS) is 20.0. The van der Waals surface area contributed by atoms with E-state index in [4.69, 9.17) is 18.0 Å². The van der Waals surface area contributed by atoms with Gasteiger partial charge in [0.15, 0.2) is 0 Å². The number of hydrogen-bond acceptors (Lipinski definition) is 5. The Morgan fingerprint density at radius 1 is 1.57 bits per heavy atom. The molecule has 21 heavy (non-hydrogen) atoms. The van der Waals surface area contributed by atoms with Crippen LogP contribution in [0.3, 0.4) is 0 Å². The fourth-order valence-electron chi connectivity index (χ4n) is 2.18. The van der Waals surface area contributed by atoms with Crippen molar-refractivity contribution in [1.82, 2.24) is 14.6 Å². The third-order valence-electron chi connectivity index (χ3n) is 3.26. The molecule has 1 saturated heterocycles. The van der Waals surface area contributed by atoms with Gasteiger partial charge in [-0.2, -0.15) is 4.31 Å². The molecular formula is C12H16N4O3S2. The number of hydrogen-bond donors (Lipinski definition) is 2. The van der Waals surface area contributed by atoms with E-state index < -0.39 is 16.1 Å². The summed E-state index contributed by atoms with van der Waals surface area (Å²) in [5, 5.41) is 2.67. The van der Waals surface area contributed by atoms with Gasteiger partial charge in [-0.1, -0.05) is 19.1 Å². The van der Waals surface area contributed by atoms with E-state index >= 15 is 0 Å². The van der Waals surface area contributed by atoms with Crippen molar-refractivity contribution in [2.75, 3.05) is 13.1 Å².